The van der Waals surface area contributed by atoms with E-state index in [1.54, 1.807) is 12.3 Å². The molecule has 0 aliphatic carbocycles. The summed E-state index contributed by atoms with van der Waals surface area (Å²) in [4.78, 5) is 21.6. The Balaban J connectivity index is 1.41. The third kappa shape index (κ3) is 3.97. The number of aliphatic hydroxyl groups excluding tert-OH is 1. The number of nitrogens with zero attached hydrogens (tertiary/aromatic N) is 3. The largest absolute Gasteiger partial charge is 0.396 e. The summed E-state index contributed by atoms with van der Waals surface area (Å²) in [5.74, 6) is 0.770. The predicted octanol–water partition coefficient (Wildman–Crippen LogP) is 2.30. The number of nitrogens with one attached hydrogen (secondary N) is 1. The zero-order chi connectivity index (χ0) is 19.4. The highest BCUT2D eigenvalue weighted by Crippen LogP contribution is 2.42. The van der Waals surface area contributed by atoms with Crippen LogP contribution in [0.1, 0.15) is 29.6 Å². The van der Waals surface area contributed by atoms with Gasteiger partial charge < -0.3 is 20.2 Å². The molecule has 2 saturated heterocycles. The van der Waals surface area contributed by atoms with Crippen LogP contribution in [0.25, 0.3) is 0 Å². The van der Waals surface area contributed by atoms with Crippen LogP contribution in [0.3, 0.4) is 0 Å². The Morgan fingerprint density at radius 2 is 1.86 bits per heavy atom. The lowest BCUT2D eigenvalue weighted by Crippen LogP contribution is -2.31. The number of pyridine rings is 1. The van der Waals surface area contributed by atoms with Crippen molar-refractivity contribution in [2.24, 2.45) is 5.41 Å². The van der Waals surface area contributed by atoms with Crippen LogP contribution in [-0.2, 0) is 0 Å². The molecule has 6 heteroatoms. The van der Waals surface area contributed by atoms with Crippen LogP contribution in [0.4, 0.5) is 11.5 Å². The van der Waals surface area contributed by atoms with E-state index < -0.39 is 0 Å². The standard InChI is InChI=1S/C22H28N4O2/c27-14-4-10-24-21(28)18-7-11-23-20(15-18)26-13-9-22(17-26)8-12-25(16-22)19-5-2-1-3-6-19/h1-3,5-7,11,15,27H,4,8-10,12-14,16-17H2,(H,24,28). The molecule has 1 amide bonds. The van der Waals surface area contributed by atoms with Crippen LogP contribution < -0.4 is 15.1 Å². The fourth-order valence-corrected chi connectivity index (χ4v) is 4.37. The lowest BCUT2D eigenvalue weighted by Gasteiger charge is -2.26. The van der Waals surface area contributed by atoms with Gasteiger partial charge in [-0.3, -0.25) is 4.79 Å². The minimum Gasteiger partial charge on any atom is -0.396 e. The normalized spacial score (nSPS) is 21.5. The van der Waals surface area contributed by atoms with Crippen molar-refractivity contribution in [3.8, 4) is 0 Å². The third-order valence-electron chi connectivity index (χ3n) is 5.95. The van der Waals surface area contributed by atoms with Gasteiger partial charge in [0.05, 0.1) is 0 Å². The van der Waals surface area contributed by atoms with E-state index in [1.165, 1.54) is 12.1 Å². The van der Waals surface area contributed by atoms with Crippen molar-refractivity contribution in [3.05, 3.63) is 54.2 Å². The summed E-state index contributed by atoms with van der Waals surface area (Å²) in [6.45, 7) is 4.70. The molecule has 1 spiro atoms. The van der Waals surface area contributed by atoms with Crippen molar-refractivity contribution in [2.75, 3.05) is 49.1 Å². The molecule has 1 aromatic carbocycles. The molecule has 0 bridgehead atoms. The second-order valence-electron chi connectivity index (χ2n) is 7.91. The molecule has 148 valence electrons. The average molecular weight is 380 g/mol. The van der Waals surface area contributed by atoms with Crippen LogP contribution in [0, 0.1) is 5.41 Å². The second kappa shape index (κ2) is 8.19. The quantitative estimate of drug-likeness (QED) is 0.753. The van der Waals surface area contributed by atoms with Crippen LogP contribution in [-0.4, -0.2) is 55.3 Å². The van der Waals surface area contributed by atoms with E-state index in [2.05, 4.69) is 50.4 Å². The predicted molar refractivity (Wildman–Crippen MR) is 111 cm³/mol. The van der Waals surface area contributed by atoms with E-state index in [4.69, 9.17) is 5.11 Å². The Labute approximate surface area is 166 Å². The van der Waals surface area contributed by atoms with E-state index in [0.29, 0.717) is 23.9 Å². The monoisotopic (exact) mass is 380 g/mol. The van der Waals surface area contributed by atoms with Gasteiger partial charge in [0.1, 0.15) is 5.82 Å². The van der Waals surface area contributed by atoms with Gasteiger partial charge in [0.2, 0.25) is 0 Å². The third-order valence-corrected chi connectivity index (χ3v) is 5.95. The highest BCUT2D eigenvalue weighted by atomic mass is 16.3. The molecular weight excluding hydrogens is 352 g/mol. The fraction of sp³-hybridized carbons (Fsp3) is 0.455. The highest BCUT2D eigenvalue weighted by molar-refractivity contribution is 5.94. The van der Waals surface area contributed by atoms with Crippen molar-refractivity contribution in [1.29, 1.82) is 0 Å². The van der Waals surface area contributed by atoms with Crippen LogP contribution >= 0.6 is 0 Å². The SMILES string of the molecule is O=C(NCCCO)c1ccnc(N2CCC3(CCN(c4ccccc4)C3)C2)c1. The smallest absolute Gasteiger partial charge is 0.251 e. The molecule has 2 aliphatic rings. The number of carbonyl (C=O) groups excluding carboxylic acids is 1. The van der Waals surface area contributed by atoms with Crippen LogP contribution in [0.2, 0.25) is 0 Å². The van der Waals surface area contributed by atoms with Gasteiger partial charge in [-0.2, -0.15) is 0 Å². The number of amides is 1. The van der Waals surface area contributed by atoms with Gasteiger partial charge in [-0.15, -0.1) is 0 Å². The number of hydrogen-bond donors (Lipinski definition) is 2. The van der Waals surface area contributed by atoms with Crippen molar-refractivity contribution < 1.29 is 9.90 Å². The minimum absolute atomic E-state index is 0.0811. The summed E-state index contributed by atoms with van der Waals surface area (Å²) in [6.07, 6.45) is 4.63. The van der Waals surface area contributed by atoms with E-state index >= 15 is 0 Å². The van der Waals surface area contributed by atoms with Gasteiger partial charge in [-0.25, -0.2) is 4.98 Å². The molecule has 2 fully saturated rings. The van der Waals surface area contributed by atoms with Crippen molar-refractivity contribution in [1.82, 2.24) is 10.3 Å². The number of para-hydroxylation sites is 1. The number of hydrogen-bond acceptors (Lipinski definition) is 5. The number of aliphatic hydroxyl groups is 1. The number of benzene rings is 1. The van der Waals surface area contributed by atoms with Gasteiger partial charge in [0, 0.05) is 62.2 Å². The first-order chi connectivity index (χ1) is 13.7. The van der Waals surface area contributed by atoms with Crippen molar-refractivity contribution in [2.45, 2.75) is 19.3 Å². The molecule has 28 heavy (non-hydrogen) atoms. The lowest BCUT2D eigenvalue weighted by molar-refractivity contribution is 0.0951. The Bertz CT molecular complexity index is 813. The fourth-order valence-electron chi connectivity index (χ4n) is 4.37. The Morgan fingerprint density at radius 3 is 2.64 bits per heavy atom. The molecule has 6 nitrogen and oxygen atoms in total. The summed E-state index contributed by atoms with van der Waals surface area (Å²) in [7, 11) is 0. The average Bonchev–Trinajstić information content (AvgIpc) is 3.36. The van der Waals surface area contributed by atoms with E-state index in [0.717, 1.165) is 38.4 Å². The first-order valence-electron chi connectivity index (χ1n) is 10.1. The maximum atomic E-state index is 12.3. The molecule has 2 aliphatic heterocycles. The number of rotatable bonds is 6. The molecule has 4 rings (SSSR count). The van der Waals surface area contributed by atoms with Crippen molar-refractivity contribution in [3.63, 3.8) is 0 Å². The molecule has 1 aromatic heterocycles. The van der Waals surface area contributed by atoms with Gasteiger partial charge in [-0.05, 0) is 43.5 Å². The molecular formula is C22H28N4O2. The highest BCUT2D eigenvalue weighted by Gasteiger charge is 2.43. The second-order valence-corrected chi connectivity index (χ2v) is 7.91. The van der Waals surface area contributed by atoms with Gasteiger partial charge >= 0.3 is 0 Å². The summed E-state index contributed by atoms with van der Waals surface area (Å²) in [5, 5.41) is 11.7. The molecule has 2 N–H and O–H groups in total. The van der Waals surface area contributed by atoms with Gasteiger partial charge in [-0.1, -0.05) is 18.2 Å². The minimum atomic E-state index is -0.109. The Hall–Kier alpha value is -2.60. The van der Waals surface area contributed by atoms with Crippen LogP contribution in [0.15, 0.2) is 48.7 Å². The zero-order valence-electron chi connectivity index (χ0n) is 16.2. The summed E-state index contributed by atoms with van der Waals surface area (Å²) in [5.41, 5.74) is 2.23. The maximum Gasteiger partial charge on any atom is 0.251 e. The molecule has 1 unspecified atom stereocenters. The van der Waals surface area contributed by atoms with Gasteiger partial charge in [0.25, 0.3) is 5.91 Å². The zero-order valence-corrected chi connectivity index (χ0v) is 16.2. The summed E-state index contributed by atoms with van der Waals surface area (Å²) >= 11 is 0. The molecule has 1 atom stereocenters. The lowest BCUT2D eigenvalue weighted by atomic mass is 9.86. The summed E-state index contributed by atoms with van der Waals surface area (Å²) < 4.78 is 0. The molecule has 2 aromatic rings. The van der Waals surface area contributed by atoms with E-state index in [1.807, 2.05) is 6.07 Å². The number of anilines is 2. The molecule has 3 heterocycles. The van der Waals surface area contributed by atoms with E-state index in [-0.39, 0.29) is 12.5 Å². The number of aromatic nitrogens is 1. The Morgan fingerprint density at radius 1 is 1.11 bits per heavy atom. The number of carbonyl (C=O) groups is 1. The van der Waals surface area contributed by atoms with Crippen LogP contribution in [0.5, 0.6) is 0 Å². The van der Waals surface area contributed by atoms with E-state index in [9.17, 15) is 4.79 Å². The first kappa shape index (κ1) is 18.7. The molecule has 0 radical (unpaired) electrons. The maximum absolute atomic E-state index is 12.3. The van der Waals surface area contributed by atoms with Gasteiger partial charge in [0.15, 0.2) is 0 Å². The Kier molecular flexibility index (Phi) is 5.48. The first-order valence-corrected chi connectivity index (χ1v) is 10.1. The topological polar surface area (TPSA) is 68.7 Å². The summed E-state index contributed by atoms with van der Waals surface area (Å²) in [6, 6.07) is 14.3. The van der Waals surface area contributed by atoms with Crippen molar-refractivity contribution >= 4 is 17.4 Å². The molecule has 0 saturated carbocycles.